The number of nitrogens with one attached hydrogen (secondary N) is 1. The van der Waals surface area contributed by atoms with Gasteiger partial charge in [-0.15, -0.1) is 0 Å². The molecule has 0 spiro atoms. The van der Waals surface area contributed by atoms with E-state index in [4.69, 9.17) is 0 Å². The van der Waals surface area contributed by atoms with Gasteiger partial charge >= 0.3 is 0 Å². The fourth-order valence-corrected chi connectivity index (χ4v) is 4.66. The number of benzene rings is 1. The molecule has 0 saturated carbocycles. The van der Waals surface area contributed by atoms with Crippen LogP contribution in [-0.4, -0.2) is 18.2 Å². The first-order valence-corrected chi connectivity index (χ1v) is 8.70. The van der Waals surface area contributed by atoms with Gasteiger partial charge in [0.1, 0.15) is 0 Å². The molecule has 0 aliphatic rings. The molecule has 1 unspecified atom stereocenters. The molecule has 0 aliphatic carbocycles. The molecule has 6 heteroatoms. The zero-order valence-electron chi connectivity index (χ0n) is 13.9. The summed E-state index contributed by atoms with van der Waals surface area (Å²) < 4.78 is 30.0. The van der Waals surface area contributed by atoms with E-state index >= 15 is 0 Å². The van der Waals surface area contributed by atoms with E-state index in [1.165, 1.54) is 0 Å². The summed E-state index contributed by atoms with van der Waals surface area (Å²) >= 11 is 0. The lowest BCUT2D eigenvalue weighted by molar-refractivity contribution is 0.565. The van der Waals surface area contributed by atoms with E-state index in [9.17, 15) is 8.42 Å². The van der Waals surface area contributed by atoms with Crippen molar-refractivity contribution in [2.24, 2.45) is 7.05 Å². The lowest BCUT2D eigenvalue weighted by Gasteiger charge is -2.17. The van der Waals surface area contributed by atoms with Gasteiger partial charge in [0.2, 0.25) is 10.0 Å². The van der Waals surface area contributed by atoms with Crippen molar-refractivity contribution < 1.29 is 8.42 Å². The Morgan fingerprint density at radius 2 is 1.68 bits per heavy atom. The van der Waals surface area contributed by atoms with Gasteiger partial charge in [0.05, 0.1) is 10.6 Å². The minimum Gasteiger partial charge on any atom is -0.275 e. The fraction of sp³-hybridized carbons (Fsp3) is 0.438. The highest BCUT2D eigenvalue weighted by molar-refractivity contribution is 7.89. The van der Waals surface area contributed by atoms with Gasteiger partial charge in [-0.3, -0.25) is 4.68 Å². The Labute approximate surface area is 132 Å². The monoisotopic (exact) mass is 321 g/mol. The average Bonchev–Trinajstić information content (AvgIpc) is 2.65. The molecule has 0 bridgehead atoms. The Balaban J connectivity index is 2.38. The molecule has 5 nitrogen and oxygen atoms in total. The van der Waals surface area contributed by atoms with Crippen molar-refractivity contribution in [1.29, 1.82) is 0 Å². The van der Waals surface area contributed by atoms with E-state index in [-0.39, 0.29) is 6.04 Å². The molecule has 1 heterocycles. The molecule has 0 radical (unpaired) electrons. The highest BCUT2D eigenvalue weighted by atomic mass is 32.2. The maximum absolute atomic E-state index is 12.7. The minimum absolute atomic E-state index is 0.334. The predicted molar refractivity (Wildman–Crippen MR) is 87.3 cm³/mol. The summed E-state index contributed by atoms with van der Waals surface area (Å²) in [5.74, 6) is 0. The number of aromatic nitrogens is 2. The molecule has 0 amide bonds. The first-order valence-electron chi connectivity index (χ1n) is 7.22. The third-order valence-corrected chi connectivity index (χ3v) is 5.57. The van der Waals surface area contributed by atoms with Crippen molar-refractivity contribution in [2.75, 3.05) is 0 Å². The van der Waals surface area contributed by atoms with Crippen LogP contribution in [0.1, 0.15) is 40.9 Å². The summed E-state index contributed by atoms with van der Waals surface area (Å²) in [5, 5.41) is 4.26. The van der Waals surface area contributed by atoms with Gasteiger partial charge in [0, 0.05) is 24.8 Å². The average molecular weight is 321 g/mol. The van der Waals surface area contributed by atoms with Crippen molar-refractivity contribution in [2.45, 2.75) is 45.6 Å². The van der Waals surface area contributed by atoms with E-state index in [0.717, 1.165) is 27.9 Å². The second kappa shape index (κ2) is 5.85. The van der Waals surface area contributed by atoms with Crippen molar-refractivity contribution in [1.82, 2.24) is 14.5 Å². The van der Waals surface area contributed by atoms with Gasteiger partial charge in [-0.2, -0.15) is 5.10 Å². The van der Waals surface area contributed by atoms with Crippen molar-refractivity contribution in [3.8, 4) is 0 Å². The van der Waals surface area contributed by atoms with Gasteiger partial charge in [0.25, 0.3) is 0 Å². The van der Waals surface area contributed by atoms with Crippen LogP contribution in [0.5, 0.6) is 0 Å². The van der Waals surface area contributed by atoms with Crippen LogP contribution in [0.4, 0.5) is 0 Å². The Bertz CT molecular complexity index is 784. The van der Waals surface area contributed by atoms with Crippen LogP contribution < -0.4 is 4.72 Å². The van der Waals surface area contributed by atoms with Crippen LogP contribution in [0.25, 0.3) is 0 Å². The normalized spacial score (nSPS) is 13.4. The van der Waals surface area contributed by atoms with Crippen LogP contribution in [-0.2, 0) is 17.1 Å². The van der Waals surface area contributed by atoms with E-state index < -0.39 is 10.0 Å². The van der Waals surface area contributed by atoms with Gasteiger partial charge in [-0.05, 0) is 45.7 Å². The molecule has 0 saturated heterocycles. The third-order valence-electron chi connectivity index (χ3n) is 3.72. The van der Waals surface area contributed by atoms with Crippen LogP contribution in [0.2, 0.25) is 0 Å². The quantitative estimate of drug-likeness (QED) is 0.941. The van der Waals surface area contributed by atoms with Gasteiger partial charge in [0.15, 0.2) is 0 Å². The van der Waals surface area contributed by atoms with E-state index in [0.29, 0.717) is 4.90 Å². The van der Waals surface area contributed by atoms with Crippen LogP contribution in [0.3, 0.4) is 0 Å². The first-order chi connectivity index (χ1) is 10.1. The third kappa shape index (κ3) is 3.23. The zero-order chi connectivity index (χ0) is 16.7. The van der Waals surface area contributed by atoms with E-state index in [2.05, 4.69) is 9.82 Å². The number of aryl methyl sites for hydroxylation is 5. The number of hydrogen-bond donors (Lipinski definition) is 1. The Morgan fingerprint density at radius 1 is 1.14 bits per heavy atom. The summed E-state index contributed by atoms with van der Waals surface area (Å²) in [5.41, 5.74) is 4.30. The largest absolute Gasteiger partial charge is 0.275 e. The maximum atomic E-state index is 12.7. The molecular formula is C16H23N3O2S. The minimum atomic E-state index is -3.58. The second-order valence-electron chi connectivity index (χ2n) is 5.91. The Hall–Kier alpha value is -1.66. The molecule has 2 aromatic rings. The molecule has 0 fully saturated rings. The smallest absolute Gasteiger partial charge is 0.241 e. The van der Waals surface area contributed by atoms with Gasteiger partial charge in [-0.25, -0.2) is 13.1 Å². The molecule has 1 atom stereocenters. The lowest BCUT2D eigenvalue weighted by atomic mass is 10.1. The van der Waals surface area contributed by atoms with Crippen molar-refractivity contribution in [3.05, 3.63) is 46.3 Å². The fourth-order valence-electron chi connectivity index (χ4n) is 2.99. The summed E-state index contributed by atoms with van der Waals surface area (Å²) in [7, 11) is -1.75. The van der Waals surface area contributed by atoms with Gasteiger partial charge in [-0.1, -0.05) is 17.7 Å². The highest BCUT2D eigenvalue weighted by Gasteiger charge is 2.24. The summed E-state index contributed by atoms with van der Waals surface area (Å²) in [6, 6.07) is 3.45. The summed E-state index contributed by atoms with van der Waals surface area (Å²) in [4.78, 5) is 0.367. The molecule has 120 valence electrons. The number of nitrogens with zero attached hydrogens (tertiary/aromatic N) is 2. The van der Waals surface area contributed by atoms with Crippen molar-refractivity contribution >= 4 is 10.0 Å². The SMILES string of the molecule is Cc1cc(C)c(S(=O)(=O)NC(C)c2cn(C)nc2C)c(C)c1. The van der Waals surface area contributed by atoms with Crippen LogP contribution >= 0.6 is 0 Å². The van der Waals surface area contributed by atoms with Crippen LogP contribution in [0.15, 0.2) is 23.2 Å². The standard InChI is InChI=1S/C16H23N3O2S/c1-10-7-11(2)16(12(3)8-10)22(20,21)18-14(5)15-9-19(6)17-13(15)4/h7-9,14,18H,1-6H3. The number of rotatable bonds is 4. The second-order valence-corrected chi connectivity index (χ2v) is 7.57. The van der Waals surface area contributed by atoms with E-state index in [1.807, 2.05) is 60.0 Å². The highest BCUT2D eigenvalue weighted by Crippen LogP contribution is 2.24. The molecule has 1 aromatic carbocycles. The molecule has 1 N–H and O–H groups in total. The molecule has 2 rings (SSSR count). The number of hydrogen-bond acceptors (Lipinski definition) is 3. The zero-order valence-corrected chi connectivity index (χ0v) is 14.7. The molecular weight excluding hydrogens is 298 g/mol. The summed E-state index contributed by atoms with van der Waals surface area (Å²) in [6.07, 6.45) is 1.84. The summed E-state index contributed by atoms with van der Waals surface area (Å²) in [6.45, 7) is 9.33. The molecule has 22 heavy (non-hydrogen) atoms. The molecule has 1 aromatic heterocycles. The lowest BCUT2D eigenvalue weighted by Crippen LogP contribution is -2.28. The predicted octanol–water partition coefficient (Wildman–Crippen LogP) is 2.69. The molecule has 0 aliphatic heterocycles. The van der Waals surface area contributed by atoms with Crippen LogP contribution in [0, 0.1) is 27.7 Å². The topological polar surface area (TPSA) is 64.0 Å². The van der Waals surface area contributed by atoms with Crippen molar-refractivity contribution in [3.63, 3.8) is 0 Å². The Kier molecular flexibility index (Phi) is 4.44. The van der Waals surface area contributed by atoms with E-state index in [1.54, 1.807) is 4.68 Å². The maximum Gasteiger partial charge on any atom is 0.241 e. The first kappa shape index (κ1) is 16.7. The number of sulfonamides is 1. The Morgan fingerprint density at radius 3 is 2.14 bits per heavy atom. The van der Waals surface area contributed by atoms with Gasteiger partial charge < -0.3 is 0 Å².